The minimum Gasteiger partial charge on any atom is -0.378 e. The van der Waals surface area contributed by atoms with Crippen molar-refractivity contribution in [2.24, 2.45) is 5.92 Å². The summed E-state index contributed by atoms with van der Waals surface area (Å²) >= 11 is 0. The molecule has 0 spiro atoms. The lowest BCUT2D eigenvalue weighted by Gasteiger charge is -2.30. The Morgan fingerprint density at radius 1 is 1.17 bits per heavy atom. The molecule has 3 aliphatic rings. The first kappa shape index (κ1) is 15.6. The number of hydrogen-bond donors (Lipinski definition) is 0. The van der Waals surface area contributed by atoms with Crippen molar-refractivity contribution >= 4 is 17.5 Å². The molecule has 0 bridgehead atoms. The number of fused-ring (bicyclic) bond motifs is 3. The molecule has 3 heterocycles. The molecule has 0 saturated carbocycles. The topological polar surface area (TPSA) is 59.1 Å². The van der Waals surface area contributed by atoms with Gasteiger partial charge in [-0.2, -0.15) is 18.2 Å². The number of carbonyl (C=O) groups is 2. The van der Waals surface area contributed by atoms with Gasteiger partial charge in [-0.05, 0) is 18.2 Å². The molecule has 0 radical (unpaired) electrons. The summed E-state index contributed by atoms with van der Waals surface area (Å²) < 4.78 is 43.9. The molecule has 0 N–H and O–H groups in total. The summed E-state index contributed by atoms with van der Waals surface area (Å²) in [4.78, 5) is 31.5. The van der Waals surface area contributed by atoms with Crippen molar-refractivity contribution in [3.8, 4) is 0 Å². The van der Waals surface area contributed by atoms with E-state index in [4.69, 9.17) is 9.57 Å². The summed E-state index contributed by atoms with van der Waals surface area (Å²) in [5.41, 5.74) is -1.01. The van der Waals surface area contributed by atoms with E-state index < -0.39 is 41.6 Å². The Kier molecular flexibility index (Phi) is 3.41. The molecule has 1 aromatic carbocycles. The van der Waals surface area contributed by atoms with E-state index in [-0.39, 0.29) is 12.3 Å². The van der Waals surface area contributed by atoms with Crippen LogP contribution in [0.1, 0.15) is 5.56 Å². The maximum Gasteiger partial charge on any atom is 0.416 e. The molecule has 0 aromatic heterocycles. The third-order valence-electron chi connectivity index (χ3n) is 4.51. The quantitative estimate of drug-likeness (QED) is 0.718. The molecule has 9 heteroatoms. The fourth-order valence-corrected chi connectivity index (χ4v) is 3.39. The number of hydrogen-bond acceptors (Lipinski definition) is 5. The highest BCUT2D eigenvalue weighted by Gasteiger charge is 2.60. The highest BCUT2D eigenvalue weighted by Crippen LogP contribution is 2.40. The summed E-state index contributed by atoms with van der Waals surface area (Å²) in [6.45, 7) is 1.13. The van der Waals surface area contributed by atoms with Gasteiger partial charge in [-0.3, -0.25) is 14.4 Å². The fraction of sp³-hybridized carbons (Fsp3) is 0.467. The van der Waals surface area contributed by atoms with Gasteiger partial charge in [0.15, 0.2) is 6.10 Å². The van der Waals surface area contributed by atoms with Crippen molar-refractivity contribution in [2.45, 2.75) is 18.3 Å². The predicted octanol–water partition coefficient (Wildman–Crippen LogP) is 1.21. The van der Waals surface area contributed by atoms with Gasteiger partial charge < -0.3 is 4.74 Å². The van der Waals surface area contributed by atoms with Crippen LogP contribution in [0.2, 0.25) is 0 Å². The molecule has 3 aliphatic heterocycles. The smallest absolute Gasteiger partial charge is 0.378 e. The van der Waals surface area contributed by atoms with Crippen molar-refractivity contribution in [1.82, 2.24) is 5.06 Å². The third-order valence-corrected chi connectivity index (χ3v) is 4.51. The number of imide groups is 1. The first-order valence-corrected chi connectivity index (χ1v) is 7.44. The first-order chi connectivity index (χ1) is 11.4. The zero-order valence-electron chi connectivity index (χ0n) is 12.3. The average Bonchev–Trinajstić information content (AvgIpc) is 3.03. The number of ether oxygens (including phenoxy) is 1. The number of amides is 2. The molecule has 3 fully saturated rings. The molecule has 1 aromatic rings. The second-order valence-corrected chi connectivity index (χ2v) is 5.89. The van der Waals surface area contributed by atoms with Crippen LogP contribution in [-0.2, 0) is 25.3 Å². The number of carbonyl (C=O) groups excluding carboxylic acids is 2. The molecule has 0 unspecified atom stereocenters. The molecular formula is C15H13F3N2O4. The van der Waals surface area contributed by atoms with Crippen molar-refractivity contribution in [3.63, 3.8) is 0 Å². The molecule has 24 heavy (non-hydrogen) atoms. The Hall–Kier alpha value is -1.97. The van der Waals surface area contributed by atoms with E-state index in [0.717, 1.165) is 17.0 Å². The van der Waals surface area contributed by atoms with E-state index in [1.165, 1.54) is 12.1 Å². The average molecular weight is 342 g/mol. The maximum atomic E-state index is 12.9. The van der Waals surface area contributed by atoms with E-state index in [9.17, 15) is 22.8 Å². The molecule has 2 amide bonds. The third kappa shape index (κ3) is 2.23. The maximum absolute atomic E-state index is 12.9. The van der Waals surface area contributed by atoms with Gasteiger partial charge in [0.1, 0.15) is 0 Å². The van der Waals surface area contributed by atoms with E-state index in [2.05, 4.69) is 0 Å². The van der Waals surface area contributed by atoms with Gasteiger partial charge in [0.05, 0.1) is 36.4 Å². The second kappa shape index (κ2) is 5.27. The van der Waals surface area contributed by atoms with Gasteiger partial charge in [-0.25, -0.2) is 4.90 Å². The van der Waals surface area contributed by atoms with Crippen LogP contribution in [0.3, 0.4) is 0 Å². The van der Waals surface area contributed by atoms with Crippen molar-refractivity contribution in [3.05, 3.63) is 29.8 Å². The number of alkyl halides is 3. The highest BCUT2D eigenvalue weighted by molar-refractivity contribution is 6.23. The number of halogens is 3. The van der Waals surface area contributed by atoms with Crippen molar-refractivity contribution in [1.29, 1.82) is 0 Å². The normalized spacial score (nSPS) is 30.6. The molecule has 6 nitrogen and oxygen atoms in total. The monoisotopic (exact) mass is 342 g/mol. The number of morpholine rings is 1. The predicted molar refractivity (Wildman–Crippen MR) is 73.6 cm³/mol. The summed E-state index contributed by atoms with van der Waals surface area (Å²) in [7, 11) is 0. The Bertz CT molecular complexity index is 708. The van der Waals surface area contributed by atoms with Gasteiger partial charge in [-0.15, -0.1) is 0 Å². The van der Waals surface area contributed by atoms with E-state index in [1.54, 1.807) is 5.06 Å². The summed E-state index contributed by atoms with van der Waals surface area (Å²) in [5.74, 6) is -1.95. The van der Waals surface area contributed by atoms with Crippen molar-refractivity contribution in [2.75, 3.05) is 24.7 Å². The molecule has 128 valence electrons. The molecule has 3 atom stereocenters. The van der Waals surface area contributed by atoms with Gasteiger partial charge in [0.25, 0.3) is 5.91 Å². The number of anilines is 1. The Morgan fingerprint density at radius 2 is 1.96 bits per heavy atom. The molecule has 0 aliphatic carbocycles. The lowest BCUT2D eigenvalue weighted by atomic mass is 9.97. The van der Waals surface area contributed by atoms with Crippen LogP contribution in [0.25, 0.3) is 0 Å². The number of nitrogens with zero attached hydrogens (tertiary/aromatic N) is 2. The zero-order valence-corrected chi connectivity index (χ0v) is 12.3. The van der Waals surface area contributed by atoms with Gasteiger partial charge in [0.2, 0.25) is 5.91 Å². The first-order valence-electron chi connectivity index (χ1n) is 7.44. The highest BCUT2D eigenvalue weighted by atomic mass is 19.4. The SMILES string of the molecule is O=C1[C@@H]2[C@H]3COCCN3O[C@H]2C(=O)N1c1cccc(C(F)(F)F)c1. The summed E-state index contributed by atoms with van der Waals surface area (Å²) in [5, 5.41) is 1.57. The Labute approximate surface area is 134 Å². The van der Waals surface area contributed by atoms with Crippen LogP contribution < -0.4 is 4.90 Å². The summed E-state index contributed by atoms with van der Waals surface area (Å²) in [6, 6.07) is 3.77. The second-order valence-electron chi connectivity index (χ2n) is 5.89. The molecule has 4 rings (SSSR count). The van der Waals surface area contributed by atoms with Crippen LogP contribution in [0.5, 0.6) is 0 Å². The van der Waals surface area contributed by atoms with Crippen LogP contribution in [-0.4, -0.2) is 48.8 Å². The fourth-order valence-electron chi connectivity index (χ4n) is 3.39. The van der Waals surface area contributed by atoms with Gasteiger partial charge in [0, 0.05) is 6.54 Å². The number of benzene rings is 1. The Balaban J connectivity index is 1.67. The Morgan fingerprint density at radius 3 is 2.71 bits per heavy atom. The number of hydroxylamine groups is 2. The molecular weight excluding hydrogens is 329 g/mol. The minimum absolute atomic E-state index is 0.0962. The minimum atomic E-state index is -4.55. The van der Waals surface area contributed by atoms with E-state index >= 15 is 0 Å². The lowest BCUT2D eigenvalue weighted by Crippen LogP contribution is -2.46. The van der Waals surface area contributed by atoms with Crippen molar-refractivity contribution < 1.29 is 32.3 Å². The van der Waals surface area contributed by atoms with E-state index in [1.807, 2.05) is 0 Å². The number of rotatable bonds is 1. The lowest BCUT2D eigenvalue weighted by molar-refractivity contribution is -0.197. The zero-order chi connectivity index (χ0) is 17.1. The van der Waals surface area contributed by atoms with Crippen LogP contribution >= 0.6 is 0 Å². The van der Waals surface area contributed by atoms with Crippen LogP contribution in [0, 0.1) is 5.92 Å². The largest absolute Gasteiger partial charge is 0.416 e. The standard InChI is InChI=1S/C15H13F3N2O4/c16-15(17,18)8-2-1-3-9(6-8)20-13(21)11-10-7-23-5-4-19(10)24-12(11)14(20)22/h1-3,6,10-12H,4-5,7H2/t10-,11-,12-/m1/s1. The van der Waals surface area contributed by atoms with Gasteiger partial charge in [-0.1, -0.05) is 6.07 Å². The van der Waals surface area contributed by atoms with Gasteiger partial charge >= 0.3 is 6.18 Å². The van der Waals surface area contributed by atoms with E-state index in [0.29, 0.717) is 13.2 Å². The van der Waals surface area contributed by atoms with Crippen LogP contribution in [0.15, 0.2) is 24.3 Å². The summed E-state index contributed by atoms with van der Waals surface area (Å²) in [6.07, 6.45) is -5.55. The molecule has 3 saturated heterocycles. The van der Waals surface area contributed by atoms with Crippen LogP contribution in [0.4, 0.5) is 18.9 Å².